The van der Waals surface area contributed by atoms with Crippen molar-refractivity contribution in [3.05, 3.63) is 35.3 Å². The Kier molecular flexibility index (Phi) is 6.72. The Balaban J connectivity index is 1.33. The molecule has 1 N–H and O–H groups in total. The SMILES string of the molecule is CC(C)C1CN(C2(C)N=C(C3CC3)C3=C(CC(C)(C)OC3)C2=N)CCN1C(=O)COCc1ccco1. The number of rotatable bonds is 7. The van der Waals surface area contributed by atoms with E-state index in [4.69, 9.17) is 18.9 Å². The normalized spacial score (nSPS) is 28.9. The van der Waals surface area contributed by atoms with Gasteiger partial charge >= 0.3 is 0 Å². The van der Waals surface area contributed by atoms with Crippen molar-refractivity contribution in [3.8, 4) is 0 Å². The maximum atomic E-state index is 13.1. The summed E-state index contributed by atoms with van der Waals surface area (Å²) in [5.74, 6) is 1.47. The van der Waals surface area contributed by atoms with Crippen molar-refractivity contribution < 1.29 is 18.7 Å². The molecular weight excluding hydrogens is 456 g/mol. The number of piperazine rings is 1. The second-order valence-corrected chi connectivity index (χ2v) is 11.8. The zero-order valence-electron chi connectivity index (χ0n) is 22.3. The molecule has 4 heterocycles. The Labute approximate surface area is 214 Å². The fourth-order valence-electron chi connectivity index (χ4n) is 5.78. The largest absolute Gasteiger partial charge is 0.467 e. The molecule has 1 aromatic heterocycles. The fraction of sp³-hybridized carbons (Fsp3) is 0.679. The summed E-state index contributed by atoms with van der Waals surface area (Å²) in [6.45, 7) is 13.5. The number of dihydropyridines is 1. The fourth-order valence-corrected chi connectivity index (χ4v) is 5.78. The van der Waals surface area contributed by atoms with Crippen LogP contribution in [0.5, 0.6) is 0 Å². The van der Waals surface area contributed by atoms with Gasteiger partial charge in [0.25, 0.3) is 0 Å². The number of hydrogen-bond donors (Lipinski definition) is 1. The molecule has 36 heavy (non-hydrogen) atoms. The van der Waals surface area contributed by atoms with Crippen molar-refractivity contribution >= 4 is 17.3 Å². The highest BCUT2D eigenvalue weighted by molar-refractivity contribution is 6.18. The average molecular weight is 497 g/mol. The van der Waals surface area contributed by atoms with Crippen LogP contribution in [0.4, 0.5) is 0 Å². The summed E-state index contributed by atoms with van der Waals surface area (Å²) in [5, 5.41) is 9.33. The van der Waals surface area contributed by atoms with Crippen molar-refractivity contribution in [2.45, 2.75) is 77.8 Å². The summed E-state index contributed by atoms with van der Waals surface area (Å²) >= 11 is 0. The van der Waals surface area contributed by atoms with Gasteiger partial charge in [-0.25, -0.2) is 0 Å². The molecular formula is C28H40N4O4. The van der Waals surface area contributed by atoms with Crippen LogP contribution in [-0.4, -0.2) is 77.3 Å². The maximum absolute atomic E-state index is 13.1. The quantitative estimate of drug-likeness (QED) is 0.615. The molecule has 2 unspecified atom stereocenters. The monoisotopic (exact) mass is 496 g/mol. The number of ether oxygens (including phenoxy) is 2. The first-order chi connectivity index (χ1) is 17.1. The van der Waals surface area contributed by atoms with Gasteiger partial charge in [-0.1, -0.05) is 13.8 Å². The first-order valence-corrected chi connectivity index (χ1v) is 13.3. The van der Waals surface area contributed by atoms with Crippen LogP contribution in [0.25, 0.3) is 0 Å². The van der Waals surface area contributed by atoms with Crippen LogP contribution in [0.15, 0.2) is 39.0 Å². The Morgan fingerprint density at radius 1 is 1.25 bits per heavy atom. The first-order valence-electron chi connectivity index (χ1n) is 13.3. The van der Waals surface area contributed by atoms with E-state index in [1.54, 1.807) is 6.26 Å². The molecule has 1 saturated heterocycles. The summed E-state index contributed by atoms with van der Waals surface area (Å²) in [6.07, 6.45) is 4.67. The smallest absolute Gasteiger partial charge is 0.248 e. The van der Waals surface area contributed by atoms with Gasteiger partial charge in [0, 0.05) is 49.3 Å². The van der Waals surface area contributed by atoms with Crippen molar-refractivity contribution in [3.63, 3.8) is 0 Å². The summed E-state index contributed by atoms with van der Waals surface area (Å²) in [6, 6.07) is 3.69. The highest BCUT2D eigenvalue weighted by Crippen LogP contribution is 2.44. The predicted molar refractivity (Wildman–Crippen MR) is 138 cm³/mol. The van der Waals surface area contributed by atoms with Crippen molar-refractivity contribution in [2.24, 2.45) is 16.8 Å². The average Bonchev–Trinajstić information content (AvgIpc) is 3.56. The molecule has 8 nitrogen and oxygen atoms in total. The lowest BCUT2D eigenvalue weighted by Crippen LogP contribution is -2.65. The van der Waals surface area contributed by atoms with E-state index < -0.39 is 5.66 Å². The zero-order chi connectivity index (χ0) is 25.7. The molecule has 1 aromatic rings. The van der Waals surface area contributed by atoms with Crippen LogP contribution >= 0.6 is 0 Å². The van der Waals surface area contributed by atoms with Crippen LogP contribution in [0.1, 0.15) is 59.6 Å². The molecule has 1 saturated carbocycles. The van der Waals surface area contributed by atoms with Crippen molar-refractivity contribution in [1.29, 1.82) is 5.41 Å². The van der Waals surface area contributed by atoms with Crippen LogP contribution in [0, 0.1) is 17.2 Å². The predicted octanol–water partition coefficient (Wildman–Crippen LogP) is 4.06. The lowest BCUT2D eigenvalue weighted by atomic mass is 9.79. The molecule has 0 bridgehead atoms. The first kappa shape index (κ1) is 25.4. The van der Waals surface area contributed by atoms with Gasteiger partial charge in [0.05, 0.1) is 24.2 Å². The molecule has 2 atom stereocenters. The van der Waals surface area contributed by atoms with E-state index in [-0.39, 0.29) is 36.7 Å². The molecule has 0 aromatic carbocycles. The molecule has 4 aliphatic rings. The van der Waals surface area contributed by atoms with E-state index in [9.17, 15) is 10.2 Å². The summed E-state index contributed by atoms with van der Waals surface area (Å²) < 4.78 is 17.1. The van der Waals surface area contributed by atoms with Crippen LogP contribution in [-0.2, 0) is 20.9 Å². The number of carbonyl (C=O) groups is 1. The molecule has 1 amide bonds. The lowest BCUT2D eigenvalue weighted by Gasteiger charge is -2.51. The summed E-state index contributed by atoms with van der Waals surface area (Å²) in [7, 11) is 0. The third-order valence-electron chi connectivity index (χ3n) is 8.14. The van der Waals surface area contributed by atoms with Gasteiger partial charge in [-0.15, -0.1) is 0 Å². The Hall–Kier alpha value is -2.29. The molecule has 5 rings (SSSR count). The summed E-state index contributed by atoms with van der Waals surface area (Å²) in [4.78, 5) is 22.7. The molecule has 0 spiro atoms. The number of hydrogen-bond acceptors (Lipinski definition) is 7. The third-order valence-corrected chi connectivity index (χ3v) is 8.14. The van der Waals surface area contributed by atoms with E-state index in [0.29, 0.717) is 43.6 Å². The Morgan fingerprint density at radius 3 is 2.69 bits per heavy atom. The molecule has 3 aliphatic heterocycles. The molecule has 196 valence electrons. The Bertz CT molecular complexity index is 1070. The minimum absolute atomic E-state index is 0.00197. The number of aliphatic imine (C=N–C) groups is 1. The van der Waals surface area contributed by atoms with Crippen molar-refractivity contribution in [1.82, 2.24) is 9.80 Å². The van der Waals surface area contributed by atoms with Crippen LogP contribution in [0.2, 0.25) is 0 Å². The lowest BCUT2D eigenvalue weighted by molar-refractivity contribution is -0.144. The van der Waals surface area contributed by atoms with Crippen LogP contribution in [0.3, 0.4) is 0 Å². The van der Waals surface area contributed by atoms with E-state index in [0.717, 1.165) is 36.1 Å². The van der Waals surface area contributed by atoms with E-state index in [2.05, 4.69) is 39.5 Å². The minimum atomic E-state index is -0.720. The number of carbonyl (C=O) groups excluding carboxylic acids is 1. The highest BCUT2D eigenvalue weighted by atomic mass is 16.5. The molecule has 8 heteroatoms. The van der Waals surface area contributed by atoms with Gasteiger partial charge in [-0.05, 0) is 57.2 Å². The zero-order valence-corrected chi connectivity index (χ0v) is 22.3. The van der Waals surface area contributed by atoms with Crippen molar-refractivity contribution in [2.75, 3.05) is 32.8 Å². The molecule has 2 fully saturated rings. The van der Waals surface area contributed by atoms with Gasteiger partial charge in [-0.3, -0.25) is 14.7 Å². The van der Waals surface area contributed by atoms with Gasteiger partial charge in [-0.2, -0.15) is 0 Å². The standard InChI is InChI=1S/C28H40N4O4/c1-18(2)23-14-31(10-11-32(23)24(33)17-34-15-20-7-6-12-35-20)28(5)26(29)21-13-27(3,4)36-16-22(21)25(30-28)19-8-9-19/h6-7,12,18-19,23,29H,8-11,13-17H2,1-5H3. The number of nitrogens with zero attached hydrogens (tertiary/aromatic N) is 3. The molecule has 1 aliphatic carbocycles. The summed E-state index contributed by atoms with van der Waals surface area (Å²) in [5.41, 5.74) is 3.03. The Morgan fingerprint density at radius 2 is 2.03 bits per heavy atom. The maximum Gasteiger partial charge on any atom is 0.248 e. The molecule has 0 radical (unpaired) electrons. The topological polar surface area (TPSA) is 91.4 Å². The number of nitrogens with one attached hydrogen (secondary N) is 1. The van der Waals surface area contributed by atoms with Gasteiger partial charge in [0.2, 0.25) is 5.91 Å². The number of amides is 1. The number of furan rings is 1. The van der Waals surface area contributed by atoms with E-state index >= 15 is 0 Å². The van der Waals surface area contributed by atoms with Gasteiger partial charge < -0.3 is 24.2 Å². The van der Waals surface area contributed by atoms with E-state index in [1.807, 2.05) is 17.0 Å². The van der Waals surface area contributed by atoms with E-state index in [1.165, 1.54) is 0 Å². The highest BCUT2D eigenvalue weighted by Gasteiger charge is 2.49. The van der Waals surface area contributed by atoms with Gasteiger partial charge in [0.15, 0.2) is 5.66 Å². The second-order valence-electron chi connectivity index (χ2n) is 11.8. The third kappa shape index (κ3) is 4.83. The van der Waals surface area contributed by atoms with Crippen LogP contribution < -0.4 is 0 Å². The van der Waals surface area contributed by atoms with Gasteiger partial charge in [0.1, 0.15) is 19.0 Å². The minimum Gasteiger partial charge on any atom is -0.467 e. The second kappa shape index (κ2) is 9.54.